The minimum Gasteiger partial charge on any atom is -0.350 e. The van der Waals surface area contributed by atoms with E-state index in [0.717, 1.165) is 6.07 Å². The number of carbonyl (C=O) groups excluding carboxylic acids is 2. The molecule has 1 aliphatic heterocycles. The first-order chi connectivity index (χ1) is 15.8. The molecule has 2 N–H and O–H groups in total. The molecule has 0 bridgehead atoms. The average Bonchev–Trinajstić information content (AvgIpc) is 2.76. The number of hydrogen-bond acceptors (Lipinski definition) is 3. The van der Waals surface area contributed by atoms with Crippen molar-refractivity contribution < 1.29 is 22.8 Å². The summed E-state index contributed by atoms with van der Waals surface area (Å²) in [6.45, 7) is 0.606. The zero-order chi connectivity index (χ0) is 23.5. The Balaban J connectivity index is 1.43. The molecule has 0 radical (unpaired) electrons. The molecule has 0 spiro atoms. The van der Waals surface area contributed by atoms with Gasteiger partial charge in [-0.2, -0.15) is 0 Å². The van der Waals surface area contributed by atoms with Crippen molar-refractivity contribution in [3.05, 3.63) is 87.2 Å². The third-order valence-corrected chi connectivity index (χ3v) is 5.96. The number of amides is 2. The van der Waals surface area contributed by atoms with E-state index in [1.165, 1.54) is 23.1 Å². The molecule has 1 heterocycles. The molecule has 0 atom stereocenters. The lowest BCUT2D eigenvalue weighted by Crippen LogP contribution is -2.51. The number of rotatable bonds is 6. The van der Waals surface area contributed by atoms with Gasteiger partial charge in [0.15, 0.2) is 11.6 Å². The molecule has 3 aromatic carbocycles. The summed E-state index contributed by atoms with van der Waals surface area (Å²) in [5.41, 5.74) is 0.0764. The Bertz CT molecular complexity index is 1200. The molecule has 0 aliphatic carbocycles. The van der Waals surface area contributed by atoms with Gasteiger partial charge in [0.05, 0.1) is 16.9 Å². The minimum atomic E-state index is -1.27. The second-order valence-corrected chi connectivity index (χ2v) is 8.97. The highest BCUT2D eigenvalue weighted by Crippen LogP contribution is 2.31. The average molecular weight is 565 g/mol. The molecule has 170 valence electrons. The molecule has 33 heavy (non-hydrogen) atoms. The van der Waals surface area contributed by atoms with Crippen LogP contribution in [0.3, 0.4) is 0 Å². The van der Waals surface area contributed by atoms with E-state index in [4.69, 9.17) is 0 Å². The van der Waals surface area contributed by atoms with Gasteiger partial charge in [-0.1, -0.05) is 18.2 Å². The summed E-state index contributed by atoms with van der Waals surface area (Å²) in [6, 6.07) is 15.3. The summed E-state index contributed by atoms with van der Waals surface area (Å²) >= 11 is 1.93. The molecule has 0 unspecified atom stereocenters. The van der Waals surface area contributed by atoms with E-state index in [9.17, 15) is 22.8 Å². The summed E-state index contributed by atoms with van der Waals surface area (Å²) in [7, 11) is 0. The van der Waals surface area contributed by atoms with Gasteiger partial charge in [0.2, 0.25) is 5.91 Å². The van der Waals surface area contributed by atoms with Gasteiger partial charge >= 0.3 is 0 Å². The van der Waals surface area contributed by atoms with E-state index in [0.29, 0.717) is 22.3 Å². The summed E-state index contributed by atoms with van der Waals surface area (Å²) in [4.78, 5) is 26.6. The van der Waals surface area contributed by atoms with Gasteiger partial charge in [-0.25, -0.2) is 13.2 Å². The standard InChI is InChI=1S/C24H19F3IN3O2/c25-18-8-7-17(23(22(18)27)30-20-9-6-15(28)11-19(20)26)24(33)31-12-14(13-31)10-21(32)29-16-4-2-1-3-5-16/h1-9,11,14,30H,10,12-13H2,(H,29,32). The van der Waals surface area contributed by atoms with Crippen LogP contribution >= 0.6 is 22.6 Å². The lowest BCUT2D eigenvalue weighted by Gasteiger charge is -2.39. The van der Waals surface area contributed by atoms with Gasteiger partial charge < -0.3 is 15.5 Å². The molecule has 2 amide bonds. The maximum Gasteiger partial charge on any atom is 0.256 e. The molecular weight excluding hydrogens is 546 g/mol. The van der Waals surface area contributed by atoms with Crippen LogP contribution in [0.2, 0.25) is 0 Å². The molecular formula is C24H19F3IN3O2. The zero-order valence-corrected chi connectivity index (χ0v) is 19.4. The summed E-state index contributed by atoms with van der Waals surface area (Å²) in [5.74, 6) is -3.81. The lowest BCUT2D eigenvalue weighted by molar-refractivity contribution is -0.118. The van der Waals surface area contributed by atoms with Crippen molar-refractivity contribution in [2.75, 3.05) is 23.7 Å². The Hall–Kier alpha value is -3.08. The quantitative estimate of drug-likeness (QED) is 0.386. The molecule has 9 heteroatoms. The normalized spacial score (nSPS) is 13.4. The number of para-hydroxylation sites is 1. The number of carbonyl (C=O) groups is 2. The summed E-state index contributed by atoms with van der Waals surface area (Å²) < 4.78 is 43.4. The van der Waals surface area contributed by atoms with E-state index in [1.807, 2.05) is 40.8 Å². The van der Waals surface area contributed by atoms with E-state index in [1.54, 1.807) is 18.2 Å². The number of anilines is 3. The Morgan fingerprint density at radius 1 is 0.970 bits per heavy atom. The Kier molecular flexibility index (Phi) is 6.87. The third kappa shape index (κ3) is 5.29. The Morgan fingerprint density at radius 3 is 2.39 bits per heavy atom. The van der Waals surface area contributed by atoms with E-state index >= 15 is 0 Å². The molecule has 1 aliphatic rings. The number of halogens is 4. The predicted molar refractivity (Wildman–Crippen MR) is 128 cm³/mol. The predicted octanol–water partition coefficient (Wildman–Crippen LogP) is 5.55. The molecule has 3 aromatic rings. The first-order valence-corrected chi connectivity index (χ1v) is 11.2. The number of benzene rings is 3. The third-order valence-electron chi connectivity index (χ3n) is 5.29. The highest BCUT2D eigenvalue weighted by atomic mass is 127. The van der Waals surface area contributed by atoms with Crippen LogP contribution < -0.4 is 10.6 Å². The number of nitrogens with one attached hydrogen (secondary N) is 2. The maximum absolute atomic E-state index is 14.6. The van der Waals surface area contributed by atoms with Crippen LogP contribution in [0.4, 0.5) is 30.2 Å². The fourth-order valence-corrected chi connectivity index (χ4v) is 4.06. The molecule has 0 saturated carbocycles. The Labute approximate surface area is 202 Å². The first-order valence-electron chi connectivity index (χ1n) is 10.2. The van der Waals surface area contributed by atoms with Crippen LogP contribution in [-0.2, 0) is 4.79 Å². The van der Waals surface area contributed by atoms with Gasteiger partial charge in [0.25, 0.3) is 5.91 Å². The highest BCUT2D eigenvalue weighted by molar-refractivity contribution is 14.1. The van der Waals surface area contributed by atoms with Gasteiger partial charge in [0.1, 0.15) is 5.82 Å². The van der Waals surface area contributed by atoms with E-state index in [2.05, 4.69) is 10.6 Å². The maximum atomic E-state index is 14.6. The smallest absolute Gasteiger partial charge is 0.256 e. The van der Waals surface area contributed by atoms with Crippen molar-refractivity contribution in [1.29, 1.82) is 0 Å². The summed E-state index contributed by atoms with van der Waals surface area (Å²) in [5, 5.41) is 5.32. The van der Waals surface area contributed by atoms with Crippen molar-refractivity contribution in [1.82, 2.24) is 4.90 Å². The van der Waals surface area contributed by atoms with Crippen molar-refractivity contribution in [3.8, 4) is 0 Å². The van der Waals surface area contributed by atoms with Crippen LogP contribution in [0, 0.1) is 26.9 Å². The van der Waals surface area contributed by atoms with Crippen LogP contribution in [0.15, 0.2) is 60.7 Å². The monoisotopic (exact) mass is 565 g/mol. The zero-order valence-electron chi connectivity index (χ0n) is 17.2. The topological polar surface area (TPSA) is 61.4 Å². The van der Waals surface area contributed by atoms with Gasteiger partial charge in [-0.15, -0.1) is 0 Å². The highest BCUT2D eigenvalue weighted by Gasteiger charge is 2.34. The molecule has 0 aromatic heterocycles. The second-order valence-electron chi connectivity index (χ2n) is 7.73. The molecule has 5 nitrogen and oxygen atoms in total. The first kappa shape index (κ1) is 23.1. The Morgan fingerprint density at radius 2 is 1.70 bits per heavy atom. The van der Waals surface area contributed by atoms with E-state index in [-0.39, 0.29) is 29.5 Å². The van der Waals surface area contributed by atoms with Crippen LogP contribution in [0.1, 0.15) is 16.8 Å². The van der Waals surface area contributed by atoms with Crippen LogP contribution in [0.25, 0.3) is 0 Å². The fraction of sp³-hybridized carbons (Fsp3) is 0.167. The van der Waals surface area contributed by atoms with Gasteiger partial charge in [-0.3, -0.25) is 9.59 Å². The number of hydrogen-bond donors (Lipinski definition) is 2. The fourth-order valence-electron chi connectivity index (χ4n) is 3.61. The molecule has 1 fully saturated rings. The number of nitrogens with zero attached hydrogens (tertiary/aromatic N) is 1. The lowest BCUT2D eigenvalue weighted by atomic mass is 9.94. The van der Waals surface area contributed by atoms with Crippen LogP contribution in [0.5, 0.6) is 0 Å². The van der Waals surface area contributed by atoms with Gasteiger partial charge in [-0.05, 0) is 65.1 Å². The second kappa shape index (κ2) is 9.82. The number of likely N-dealkylation sites (tertiary alicyclic amines) is 1. The molecule has 1 saturated heterocycles. The van der Waals surface area contributed by atoms with Crippen molar-refractivity contribution in [3.63, 3.8) is 0 Å². The van der Waals surface area contributed by atoms with Gasteiger partial charge in [0, 0.05) is 34.7 Å². The van der Waals surface area contributed by atoms with Crippen molar-refractivity contribution >= 4 is 51.5 Å². The van der Waals surface area contributed by atoms with Crippen molar-refractivity contribution in [2.24, 2.45) is 5.92 Å². The SMILES string of the molecule is O=C(CC1CN(C(=O)c2ccc(F)c(F)c2Nc2ccc(I)cc2F)C1)Nc1ccccc1. The largest absolute Gasteiger partial charge is 0.350 e. The summed E-state index contributed by atoms with van der Waals surface area (Å²) in [6.07, 6.45) is 0.232. The van der Waals surface area contributed by atoms with Crippen LogP contribution in [-0.4, -0.2) is 29.8 Å². The molecule has 4 rings (SSSR count). The minimum absolute atomic E-state index is 0.0481. The van der Waals surface area contributed by atoms with E-state index < -0.39 is 29.0 Å². The van der Waals surface area contributed by atoms with Crippen molar-refractivity contribution in [2.45, 2.75) is 6.42 Å².